The van der Waals surface area contributed by atoms with Gasteiger partial charge in [0.2, 0.25) is 0 Å². The third-order valence-corrected chi connectivity index (χ3v) is 9.24. The molecule has 0 saturated carbocycles. The van der Waals surface area contributed by atoms with E-state index in [1.165, 1.54) is 27.7 Å². The summed E-state index contributed by atoms with van der Waals surface area (Å²) in [4.78, 5) is 0. The molecule has 0 aromatic heterocycles. The quantitative estimate of drug-likeness (QED) is 0.337. The van der Waals surface area contributed by atoms with Gasteiger partial charge < -0.3 is 4.43 Å². The Balaban J connectivity index is 1.76. The molecule has 0 atom stereocenters. The molecule has 4 aromatic carbocycles. The standard InChI is InChI=1S/C26H23FOSi/c27-23-18-16-22(17-19-23)20-21-28-29(24-10-4-1-5-11-24,25-12-6-2-7-13-25)26-14-8-3-9-15-26/h1-19H,20-21H2. The van der Waals surface area contributed by atoms with E-state index in [-0.39, 0.29) is 5.82 Å². The third kappa shape index (κ3) is 4.21. The summed E-state index contributed by atoms with van der Waals surface area (Å²) in [6, 6.07) is 38.3. The van der Waals surface area contributed by atoms with E-state index >= 15 is 0 Å². The fraction of sp³-hybridized carbons (Fsp3) is 0.0769. The average Bonchev–Trinajstić information content (AvgIpc) is 2.80. The van der Waals surface area contributed by atoms with Crippen LogP contribution in [0, 0.1) is 5.82 Å². The van der Waals surface area contributed by atoms with Crippen LogP contribution in [0.4, 0.5) is 4.39 Å². The first-order chi connectivity index (χ1) is 14.3. The number of halogens is 1. The van der Waals surface area contributed by atoms with Gasteiger partial charge >= 0.3 is 0 Å². The summed E-state index contributed by atoms with van der Waals surface area (Å²) in [7, 11) is -2.66. The Labute approximate surface area is 172 Å². The summed E-state index contributed by atoms with van der Waals surface area (Å²) in [6.07, 6.45) is 0.738. The van der Waals surface area contributed by atoms with Gasteiger partial charge in [-0.1, -0.05) is 103 Å². The molecule has 3 heteroatoms. The van der Waals surface area contributed by atoms with Gasteiger partial charge in [0, 0.05) is 6.61 Å². The van der Waals surface area contributed by atoms with Crippen LogP contribution >= 0.6 is 0 Å². The van der Waals surface area contributed by atoms with Crippen molar-refractivity contribution in [2.75, 3.05) is 6.61 Å². The molecule has 1 nitrogen and oxygen atoms in total. The van der Waals surface area contributed by atoms with Crippen LogP contribution in [0.25, 0.3) is 0 Å². The minimum absolute atomic E-state index is 0.212. The van der Waals surface area contributed by atoms with Gasteiger partial charge in [0.25, 0.3) is 8.32 Å². The van der Waals surface area contributed by atoms with Gasteiger partial charge in [-0.2, -0.15) is 0 Å². The SMILES string of the molecule is Fc1ccc(CCO[Si](c2ccccc2)(c2ccccc2)c2ccccc2)cc1. The Bertz CT molecular complexity index is 922. The Kier molecular flexibility index (Phi) is 5.99. The maximum absolute atomic E-state index is 13.2. The van der Waals surface area contributed by atoms with Crippen LogP contribution in [0.15, 0.2) is 115 Å². The van der Waals surface area contributed by atoms with Gasteiger partial charge in [0.1, 0.15) is 5.82 Å². The molecule has 144 valence electrons. The second-order valence-corrected chi connectivity index (χ2v) is 10.4. The van der Waals surface area contributed by atoms with Crippen LogP contribution in [0.2, 0.25) is 0 Å². The average molecular weight is 399 g/mol. The van der Waals surface area contributed by atoms with Crippen LogP contribution in [0.5, 0.6) is 0 Å². The lowest BCUT2D eigenvalue weighted by Gasteiger charge is -2.33. The van der Waals surface area contributed by atoms with E-state index in [9.17, 15) is 4.39 Å². The van der Waals surface area contributed by atoms with Crippen molar-refractivity contribution in [1.29, 1.82) is 0 Å². The molecule has 4 aromatic rings. The molecule has 0 fully saturated rings. The topological polar surface area (TPSA) is 9.23 Å². The third-order valence-electron chi connectivity index (χ3n) is 5.16. The zero-order valence-electron chi connectivity index (χ0n) is 16.2. The van der Waals surface area contributed by atoms with Gasteiger partial charge in [0.05, 0.1) is 0 Å². The molecule has 0 amide bonds. The van der Waals surface area contributed by atoms with Crippen LogP contribution in [-0.2, 0) is 10.8 Å². The number of benzene rings is 4. The normalized spacial score (nSPS) is 11.3. The molecular weight excluding hydrogens is 375 g/mol. The van der Waals surface area contributed by atoms with Crippen LogP contribution in [0.3, 0.4) is 0 Å². The molecule has 0 saturated heterocycles. The predicted molar refractivity (Wildman–Crippen MR) is 120 cm³/mol. The zero-order valence-corrected chi connectivity index (χ0v) is 17.2. The number of rotatable bonds is 7. The van der Waals surface area contributed by atoms with E-state index in [0.717, 1.165) is 12.0 Å². The minimum atomic E-state index is -2.66. The van der Waals surface area contributed by atoms with Crippen molar-refractivity contribution in [3.8, 4) is 0 Å². The van der Waals surface area contributed by atoms with Crippen molar-refractivity contribution >= 4 is 23.9 Å². The molecule has 0 aliphatic carbocycles. The molecule has 0 spiro atoms. The molecule has 0 aliphatic rings. The fourth-order valence-electron chi connectivity index (χ4n) is 3.74. The van der Waals surface area contributed by atoms with Gasteiger partial charge in [-0.3, -0.25) is 0 Å². The van der Waals surface area contributed by atoms with Crippen LogP contribution in [-0.4, -0.2) is 14.9 Å². The van der Waals surface area contributed by atoms with Crippen molar-refractivity contribution in [3.05, 3.63) is 127 Å². The first-order valence-electron chi connectivity index (χ1n) is 9.84. The molecular formula is C26H23FOSi. The monoisotopic (exact) mass is 398 g/mol. The van der Waals surface area contributed by atoms with Gasteiger partial charge in [-0.25, -0.2) is 4.39 Å². The first-order valence-corrected chi connectivity index (χ1v) is 11.7. The summed E-state index contributed by atoms with van der Waals surface area (Å²) >= 11 is 0. The van der Waals surface area contributed by atoms with E-state index in [1.54, 1.807) is 0 Å². The molecule has 0 unspecified atom stereocenters. The highest BCUT2D eigenvalue weighted by molar-refractivity contribution is 7.07. The molecule has 0 heterocycles. The van der Waals surface area contributed by atoms with Crippen molar-refractivity contribution in [2.45, 2.75) is 6.42 Å². The minimum Gasteiger partial charge on any atom is -0.404 e. The van der Waals surface area contributed by atoms with E-state index in [1.807, 2.05) is 30.3 Å². The maximum Gasteiger partial charge on any atom is 0.288 e. The van der Waals surface area contributed by atoms with E-state index in [2.05, 4.69) is 72.8 Å². The molecule has 0 radical (unpaired) electrons. The van der Waals surface area contributed by atoms with Crippen LogP contribution in [0.1, 0.15) is 5.56 Å². The van der Waals surface area contributed by atoms with Crippen molar-refractivity contribution in [1.82, 2.24) is 0 Å². The van der Waals surface area contributed by atoms with E-state index < -0.39 is 8.32 Å². The number of hydrogen-bond donors (Lipinski definition) is 0. The van der Waals surface area contributed by atoms with Gasteiger partial charge in [-0.05, 0) is 39.7 Å². The lowest BCUT2D eigenvalue weighted by Crippen LogP contribution is -2.69. The molecule has 4 rings (SSSR count). The first kappa shape index (κ1) is 19.3. The molecule has 0 bridgehead atoms. The van der Waals surface area contributed by atoms with E-state index in [0.29, 0.717) is 6.61 Å². The Morgan fingerprint density at radius 1 is 0.552 bits per heavy atom. The molecule has 29 heavy (non-hydrogen) atoms. The summed E-state index contributed by atoms with van der Waals surface area (Å²) in [6.45, 7) is 0.566. The summed E-state index contributed by atoms with van der Waals surface area (Å²) in [5.74, 6) is -0.212. The van der Waals surface area contributed by atoms with Crippen molar-refractivity contribution in [3.63, 3.8) is 0 Å². The molecule has 0 N–H and O–H groups in total. The molecule has 0 aliphatic heterocycles. The largest absolute Gasteiger partial charge is 0.404 e. The lowest BCUT2D eigenvalue weighted by atomic mass is 10.2. The number of hydrogen-bond acceptors (Lipinski definition) is 1. The van der Waals surface area contributed by atoms with Crippen LogP contribution < -0.4 is 15.6 Å². The fourth-order valence-corrected chi connectivity index (χ4v) is 7.64. The highest BCUT2D eigenvalue weighted by Gasteiger charge is 2.41. The second-order valence-electron chi connectivity index (χ2n) is 7.00. The van der Waals surface area contributed by atoms with Crippen molar-refractivity contribution < 1.29 is 8.82 Å². The smallest absolute Gasteiger partial charge is 0.288 e. The van der Waals surface area contributed by atoms with Gasteiger partial charge in [-0.15, -0.1) is 0 Å². The van der Waals surface area contributed by atoms with Gasteiger partial charge in [0.15, 0.2) is 0 Å². The van der Waals surface area contributed by atoms with E-state index in [4.69, 9.17) is 4.43 Å². The zero-order chi connectivity index (χ0) is 19.9. The summed E-state index contributed by atoms with van der Waals surface area (Å²) < 4.78 is 20.1. The Morgan fingerprint density at radius 3 is 1.38 bits per heavy atom. The maximum atomic E-state index is 13.2. The highest BCUT2D eigenvalue weighted by atomic mass is 28.4. The lowest BCUT2D eigenvalue weighted by molar-refractivity contribution is 0.328. The summed E-state index contributed by atoms with van der Waals surface area (Å²) in [5, 5.41) is 3.66. The Morgan fingerprint density at radius 2 is 0.966 bits per heavy atom. The Hall–Kier alpha value is -3.01. The predicted octanol–water partition coefficient (Wildman–Crippen LogP) is 4.05. The second kappa shape index (κ2) is 8.99. The highest BCUT2D eigenvalue weighted by Crippen LogP contribution is 2.11. The van der Waals surface area contributed by atoms with Crippen molar-refractivity contribution in [2.24, 2.45) is 0 Å². The summed E-state index contributed by atoms with van der Waals surface area (Å²) in [5.41, 5.74) is 1.07.